The molecule has 1 aliphatic rings. The minimum Gasteiger partial charge on any atom is -0.329 e. The molecular weight excluding hydrogens is 160 g/mol. The summed E-state index contributed by atoms with van der Waals surface area (Å²) in [5.74, 6) is 0.938. The third-order valence-electron chi connectivity index (χ3n) is 3.36. The summed E-state index contributed by atoms with van der Waals surface area (Å²) in [5.41, 5.74) is 5.64. The lowest BCUT2D eigenvalue weighted by atomic mass is 9.89. The molecule has 1 saturated carbocycles. The Morgan fingerprint density at radius 3 is 2.46 bits per heavy atom. The summed E-state index contributed by atoms with van der Waals surface area (Å²) in [4.78, 5) is 2.41. The van der Waals surface area contributed by atoms with E-state index in [1.165, 1.54) is 38.6 Å². The maximum atomic E-state index is 5.64. The van der Waals surface area contributed by atoms with Crippen LogP contribution in [0.1, 0.15) is 39.0 Å². The highest BCUT2D eigenvalue weighted by Gasteiger charge is 2.17. The first kappa shape index (κ1) is 11.0. The van der Waals surface area contributed by atoms with E-state index >= 15 is 0 Å². The molecule has 2 heteroatoms. The summed E-state index contributed by atoms with van der Waals surface area (Å²) in [6.45, 7) is 4.24. The lowest BCUT2D eigenvalue weighted by Crippen LogP contribution is -2.38. The van der Waals surface area contributed by atoms with Crippen molar-refractivity contribution in [3.05, 3.63) is 0 Å². The van der Waals surface area contributed by atoms with E-state index in [1.807, 2.05) is 0 Å². The van der Waals surface area contributed by atoms with Crippen molar-refractivity contribution in [1.29, 1.82) is 0 Å². The summed E-state index contributed by atoms with van der Waals surface area (Å²) < 4.78 is 0. The number of likely N-dealkylation sites (N-methyl/N-ethyl adjacent to an activating group) is 1. The standard InChI is InChI=1S/C11H24N2/c1-10(8-12)13(2)9-11-6-4-3-5-7-11/h10-11H,3-9,12H2,1-2H3. The average molecular weight is 184 g/mol. The van der Waals surface area contributed by atoms with Crippen LogP contribution in [0.3, 0.4) is 0 Å². The number of hydrogen-bond donors (Lipinski definition) is 1. The fourth-order valence-corrected chi connectivity index (χ4v) is 2.14. The van der Waals surface area contributed by atoms with Crippen LogP contribution in [0.25, 0.3) is 0 Å². The van der Waals surface area contributed by atoms with Gasteiger partial charge in [-0.15, -0.1) is 0 Å². The monoisotopic (exact) mass is 184 g/mol. The van der Waals surface area contributed by atoms with Crippen LogP contribution in [0.4, 0.5) is 0 Å². The van der Waals surface area contributed by atoms with Crippen molar-refractivity contribution in [2.45, 2.75) is 45.1 Å². The molecule has 0 spiro atoms. The summed E-state index contributed by atoms with van der Waals surface area (Å²) in [6, 6.07) is 0.543. The van der Waals surface area contributed by atoms with E-state index in [1.54, 1.807) is 0 Å². The van der Waals surface area contributed by atoms with E-state index in [4.69, 9.17) is 5.73 Å². The van der Waals surface area contributed by atoms with Gasteiger partial charge in [0.2, 0.25) is 0 Å². The number of hydrogen-bond acceptors (Lipinski definition) is 2. The SMILES string of the molecule is CC(CN)N(C)CC1CCCCC1. The van der Waals surface area contributed by atoms with E-state index in [9.17, 15) is 0 Å². The molecule has 1 atom stereocenters. The van der Waals surface area contributed by atoms with Crippen molar-refractivity contribution in [2.24, 2.45) is 11.7 Å². The molecule has 1 fully saturated rings. The van der Waals surface area contributed by atoms with Crippen molar-refractivity contribution < 1.29 is 0 Å². The summed E-state index contributed by atoms with van der Waals surface area (Å²) in [6.07, 6.45) is 7.20. The van der Waals surface area contributed by atoms with Gasteiger partial charge in [0.1, 0.15) is 0 Å². The molecule has 0 heterocycles. The van der Waals surface area contributed by atoms with Crippen LogP contribution in [0.15, 0.2) is 0 Å². The Labute approximate surface area is 82.5 Å². The minimum atomic E-state index is 0.543. The van der Waals surface area contributed by atoms with Crippen LogP contribution in [0, 0.1) is 5.92 Å². The molecule has 13 heavy (non-hydrogen) atoms. The van der Waals surface area contributed by atoms with Gasteiger partial charge in [-0.3, -0.25) is 0 Å². The van der Waals surface area contributed by atoms with Gasteiger partial charge >= 0.3 is 0 Å². The van der Waals surface area contributed by atoms with E-state index in [0.29, 0.717) is 6.04 Å². The van der Waals surface area contributed by atoms with Crippen LogP contribution in [0.5, 0.6) is 0 Å². The Morgan fingerprint density at radius 2 is 1.92 bits per heavy atom. The molecule has 0 saturated heterocycles. The predicted molar refractivity (Wildman–Crippen MR) is 57.7 cm³/mol. The van der Waals surface area contributed by atoms with Gasteiger partial charge in [0.05, 0.1) is 0 Å². The summed E-state index contributed by atoms with van der Waals surface area (Å²) in [7, 11) is 2.20. The second-order valence-corrected chi connectivity index (χ2v) is 4.53. The molecule has 0 aliphatic heterocycles. The quantitative estimate of drug-likeness (QED) is 0.722. The molecular formula is C11H24N2. The maximum absolute atomic E-state index is 5.64. The maximum Gasteiger partial charge on any atom is 0.0187 e. The van der Waals surface area contributed by atoms with Crippen molar-refractivity contribution in [1.82, 2.24) is 4.90 Å². The van der Waals surface area contributed by atoms with Crippen molar-refractivity contribution in [2.75, 3.05) is 20.1 Å². The smallest absolute Gasteiger partial charge is 0.0187 e. The molecule has 0 amide bonds. The summed E-state index contributed by atoms with van der Waals surface area (Å²) in [5, 5.41) is 0. The Balaban J connectivity index is 2.21. The number of rotatable bonds is 4. The number of nitrogens with zero attached hydrogens (tertiary/aromatic N) is 1. The molecule has 0 aromatic heterocycles. The topological polar surface area (TPSA) is 29.3 Å². The molecule has 2 nitrogen and oxygen atoms in total. The molecule has 1 aliphatic carbocycles. The minimum absolute atomic E-state index is 0.543. The van der Waals surface area contributed by atoms with Crippen LogP contribution < -0.4 is 5.73 Å². The lowest BCUT2D eigenvalue weighted by molar-refractivity contribution is 0.194. The molecule has 0 aromatic carbocycles. The fraction of sp³-hybridized carbons (Fsp3) is 1.00. The summed E-state index contributed by atoms with van der Waals surface area (Å²) >= 11 is 0. The van der Waals surface area contributed by atoms with Crippen molar-refractivity contribution >= 4 is 0 Å². The highest BCUT2D eigenvalue weighted by atomic mass is 15.1. The highest BCUT2D eigenvalue weighted by molar-refractivity contribution is 4.72. The first-order chi connectivity index (χ1) is 6.24. The van der Waals surface area contributed by atoms with Gasteiger partial charge in [0.25, 0.3) is 0 Å². The molecule has 0 bridgehead atoms. The third-order valence-corrected chi connectivity index (χ3v) is 3.36. The average Bonchev–Trinajstić information content (AvgIpc) is 2.18. The first-order valence-corrected chi connectivity index (χ1v) is 5.64. The zero-order chi connectivity index (χ0) is 9.68. The number of nitrogens with two attached hydrogens (primary N) is 1. The lowest BCUT2D eigenvalue weighted by Gasteiger charge is -2.30. The largest absolute Gasteiger partial charge is 0.329 e. The third kappa shape index (κ3) is 3.65. The zero-order valence-corrected chi connectivity index (χ0v) is 9.13. The van der Waals surface area contributed by atoms with Crippen LogP contribution in [-0.2, 0) is 0 Å². The van der Waals surface area contributed by atoms with E-state index in [-0.39, 0.29) is 0 Å². The first-order valence-electron chi connectivity index (χ1n) is 5.64. The van der Waals surface area contributed by atoms with Gasteiger partial charge in [-0.25, -0.2) is 0 Å². The van der Waals surface area contributed by atoms with Gasteiger partial charge in [0.15, 0.2) is 0 Å². The normalized spacial score (nSPS) is 22.2. The molecule has 0 aromatic rings. The van der Waals surface area contributed by atoms with E-state index in [2.05, 4.69) is 18.9 Å². The Morgan fingerprint density at radius 1 is 1.31 bits per heavy atom. The van der Waals surface area contributed by atoms with Gasteiger partial charge in [-0.1, -0.05) is 19.3 Å². The predicted octanol–water partition coefficient (Wildman–Crippen LogP) is 1.85. The fourth-order valence-electron chi connectivity index (χ4n) is 2.14. The highest BCUT2D eigenvalue weighted by Crippen LogP contribution is 2.24. The van der Waals surface area contributed by atoms with Crippen molar-refractivity contribution in [3.63, 3.8) is 0 Å². The van der Waals surface area contributed by atoms with Gasteiger partial charge < -0.3 is 10.6 Å². The Bertz CT molecular complexity index is 130. The molecule has 78 valence electrons. The molecule has 1 unspecified atom stereocenters. The molecule has 0 radical (unpaired) electrons. The van der Waals surface area contributed by atoms with E-state index in [0.717, 1.165) is 12.5 Å². The zero-order valence-electron chi connectivity index (χ0n) is 9.13. The van der Waals surface area contributed by atoms with Gasteiger partial charge in [0, 0.05) is 19.1 Å². The molecule has 2 N–H and O–H groups in total. The van der Waals surface area contributed by atoms with E-state index < -0.39 is 0 Å². The second kappa shape index (κ2) is 5.61. The van der Waals surface area contributed by atoms with Crippen molar-refractivity contribution in [3.8, 4) is 0 Å². The van der Waals surface area contributed by atoms with Crippen LogP contribution in [-0.4, -0.2) is 31.1 Å². The van der Waals surface area contributed by atoms with Gasteiger partial charge in [-0.2, -0.15) is 0 Å². The second-order valence-electron chi connectivity index (χ2n) is 4.53. The van der Waals surface area contributed by atoms with Crippen LogP contribution in [0.2, 0.25) is 0 Å². The Kier molecular flexibility index (Phi) is 4.74. The Hall–Kier alpha value is -0.0800. The van der Waals surface area contributed by atoms with Gasteiger partial charge in [-0.05, 0) is 32.7 Å². The molecule has 1 rings (SSSR count). The van der Waals surface area contributed by atoms with Crippen LogP contribution >= 0.6 is 0 Å².